The summed E-state index contributed by atoms with van der Waals surface area (Å²) in [5.41, 5.74) is 2.86. The Hall–Kier alpha value is -2.29. The molecule has 8 heteroatoms. The third-order valence-corrected chi connectivity index (χ3v) is 6.32. The van der Waals surface area contributed by atoms with Crippen LogP contribution in [-0.4, -0.2) is 16.2 Å². The molecule has 0 aliphatic rings. The number of carboxylic acid groups (broad SMARTS) is 1. The first-order valence-electron chi connectivity index (χ1n) is 10.1. The molecule has 174 valence electrons. The molecule has 3 aromatic carbocycles. The summed E-state index contributed by atoms with van der Waals surface area (Å²) in [6.45, 7) is 5.95. The van der Waals surface area contributed by atoms with Gasteiger partial charge in [0, 0.05) is 11.6 Å². The van der Waals surface area contributed by atoms with E-state index in [-0.39, 0.29) is 17.9 Å². The number of hydrogen-bond donors (Lipinski definition) is 2. The largest absolute Gasteiger partial charge is 0.481 e. The van der Waals surface area contributed by atoms with Crippen LogP contribution in [0.4, 0.5) is 8.78 Å². The lowest BCUT2D eigenvalue weighted by Crippen LogP contribution is -2.06. The summed E-state index contributed by atoms with van der Waals surface area (Å²) >= 11 is 6.85. The van der Waals surface area contributed by atoms with Crippen LogP contribution in [-0.2, 0) is 11.2 Å². The van der Waals surface area contributed by atoms with E-state index in [2.05, 4.69) is 31.9 Å². The van der Waals surface area contributed by atoms with Crippen LogP contribution in [0, 0.1) is 18.6 Å². The van der Waals surface area contributed by atoms with E-state index in [4.69, 9.17) is 9.84 Å². The number of rotatable bonds is 7. The molecule has 4 nitrogen and oxygen atoms in total. The van der Waals surface area contributed by atoms with Crippen molar-refractivity contribution in [1.29, 1.82) is 0 Å². The third-order valence-electron chi connectivity index (χ3n) is 5.14. The molecule has 0 spiro atoms. The minimum absolute atomic E-state index is 0.0592. The number of aryl methyl sites for hydroxylation is 1. The zero-order chi connectivity index (χ0) is 24.4. The Kier molecular flexibility index (Phi) is 7.92. The molecule has 0 saturated heterocycles. The van der Waals surface area contributed by atoms with E-state index < -0.39 is 23.7 Å². The highest BCUT2D eigenvalue weighted by Crippen LogP contribution is 2.42. The number of benzene rings is 3. The van der Waals surface area contributed by atoms with Crippen molar-refractivity contribution in [2.45, 2.75) is 39.2 Å². The molecule has 0 aromatic heterocycles. The Morgan fingerprint density at radius 2 is 1.55 bits per heavy atom. The first-order chi connectivity index (χ1) is 15.5. The highest BCUT2D eigenvalue weighted by atomic mass is 79.9. The second-order valence-electron chi connectivity index (χ2n) is 8.07. The van der Waals surface area contributed by atoms with Crippen LogP contribution < -0.4 is 4.74 Å². The molecule has 0 radical (unpaired) electrons. The van der Waals surface area contributed by atoms with E-state index in [0.29, 0.717) is 31.6 Å². The SMILES string of the molecule is Cc1cc(C(O)c2cc(F)cc(F)c2)c(Oc2c(Br)cc(CC(=O)O)cc2Br)cc1C(C)C. The van der Waals surface area contributed by atoms with E-state index in [1.54, 1.807) is 24.3 Å². The number of aliphatic carboxylic acids is 1. The number of aliphatic hydroxyl groups is 1. The van der Waals surface area contributed by atoms with E-state index in [1.807, 2.05) is 20.8 Å². The van der Waals surface area contributed by atoms with Crippen molar-refractivity contribution >= 4 is 37.8 Å². The lowest BCUT2D eigenvalue weighted by atomic mass is 9.92. The monoisotopic (exact) mass is 582 g/mol. The fraction of sp³-hybridized carbons (Fsp3) is 0.240. The average molecular weight is 584 g/mol. The summed E-state index contributed by atoms with van der Waals surface area (Å²) in [6.07, 6.45) is -1.50. The first kappa shape index (κ1) is 25.3. The van der Waals surface area contributed by atoms with Gasteiger partial charge in [0.15, 0.2) is 5.75 Å². The summed E-state index contributed by atoms with van der Waals surface area (Å²) < 4.78 is 34.8. The molecule has 0 heterocycles. The van der Waals surface area contributed by atoms with Crippen molar-refractivity contribution < 1.29 is 28.5 Å². The van der Waals surface area contributed by atoms with Crippen LogP contribution in [0.3, 0.4) is 0 Å². The molecule has 3 aromatic rings. The van der Waals surface area contributed by atoms with Crippen LogP contribution in [0.2, 0.25) is 0 Å². The van der Waals surface area contributed by atoms with Gasteiger partial charge in [0.2, 0.25) is 0 Å². The molecule has 0 amide bonds. The molecule has 0 aliphatic carbocycles. The van der Waals surface area contributed by atoms with Crippen LogP contribution in [0.25, 0.3) is 0 Å². The number of ether oxygens (including phenoxy) is 1. The molecule has 2 N–H and O–H groups in total. The van der Waals surface area contributed by atoms with Crippen LogP contribution in [0.5, 0.6) is 11.5 Å². The fourth-order valence-corrected chi connectivity index (χ4v) is 5.10. The number of halogens is 4. The molecule has 0 aliphatic heterocycles. The Morgan fingerprint density at radius 1 is 0.970 bits per heavy atom. The van der Waals surface area contributed by atoms with Crippen molar-refractivity contribution in [3.8, 4) is 11.5 Å². The summed E-state index contributed by atoms with van der Waals surface area (Å²) in [5, 5.41) is 20.1. The van der Waals surface area contributed by atoms with Gasteiger partial charge >= 0.3 is 5.97 Å². The van der Waals surface area contributed by atoms with E-state index in [1.165, 1.54) is 0 Å². The summed E-state index contributed by atoms with van der Waals surface area (Å²) in [4.78, 5) is 11.1. The predicted octanol–water partition coefficient (Wildman–Crippen LogP) is 7.42. The van der Waals surface area contributed by atoms with Crippen molar-refractivity contribution in [3.05, 3.63) is 90.9 Å². The smallest absolute Gasteiger partial charge is 0.307 e. The molecular formula is C25H22Br2F2O4. The van der Waals surface area contributed by atoms with Crippen LogP contribution in [0.1, 0.15) is 53.7 Å². The highest BCUT2D eigenvalue weighted by molar-refractivity contribution is 9.11. The van der Waals surface area contributed by atoms with Crippen LogP contribution in [0.15, 0.2) is 51.4 Å². The van der Waals surface area contributed by atoms with Gasteiger partial charge in [-0.3, -0.25) is 4.79 Å². The van der Waals surface area contributed by atoms with Crippen molar-refractivity contribution in [2.24, 2.45) is 0 Å². The van der Waals surface area contributed by atoms with Gasteiger partial charge in [-0.25, -0.2) is 8.78 Å². The van der Waals surface area contributed by atoms with Crippen LogP contribution >= 0.6 is 31.9 Å². The normalized spacial score (nSPS) is 12.2. The van der Waals surface area contributed by atoms with E-state index >= 15 is 0 Å². The lowest BCUT2D eigenvalue weighted by molar-refractivity contribution is -0.136. The Bertz CT molecular complexity index is 1170. The van der Waals surface area contributed by atoms with Crippen molar-refractivity contribution in [3.63, 3.8) is 0 Å². The van der Waals surface area contributed by atoms with Gasteiger partial charge in [-0.05, 0) is 103 Å². The quantitative estimate of drug-likeness (QED) is 0.304. The number of aliphatic hydroxyl groups excluding tert-OH is 1. The van der Waals surface area contributed by atoms with Gasteiger partial charge in [0.25, 0.3) is 0 Å². The zero-order valence-corrected chi connectivity index (χ0v) is 21.3. The van der Waals surface area contributed by atoms with E-state index in [0.717, 1.165) is 29.3 Å². The summed E-state index contributed by atoms with van der Waals surface area (Å²) in [6, 6.07) is 9.74. The molecular weight excluding hydrogens is 562 g/mol. The zero-order valence-electron chi connectivity index (χ0n) is 18.1. The van der Waals surface area contributed by atoms with Gasteiger partial charge in [-0.15, -0.1) is 0 Å². The summed E-state index contributed by atoms with van der Waals surface area (Å²) in [5.74, 6) is -1.69. The number of carboxylic acids is 1. The Balaban J connectivity index is 2.12. The molecule has 3 rings (SSSR count). The first-order valence-corrected chi connectivity index (χ1v) is 11.7. The minimum Gasteiger partial charge on any atom is -0.481 e. The minimum atomic E-state index is -1.34. The van der Waals surface area contributed by atoms with Gasteiger partial charge < -0.3 is 14.9 Å². The Labute approximate surface area is 207 Å². The molecule has 33 heavy (non-hydrogen) atoms. The summed E-state index contributed by atoms with van der Waals surface area (Å²) in [7, 11) is 0. The maximum Gasteiger partial charge on any atom is 0.307 e. The topological polar surface area (TPSA) is 66.8 Å². The van der Waals surface area contributed by atoms with Gasteiger partial charge in [-0.2, -0.15) is 0 Å². The second kappa shape index (κ2) is 10.3. The number of carbonyl (C=O) groups is 1. The maximum atomic E-state index is 13.8. The highest BCUT2D eigenvalue weighted by Gasteiger charge is 2.22. The molecule has 1 unspecified atom stereocenters. The second-order valence-corrected chi connectivity index (χ2v) is 9.78. The third kappa shape index (κ3) is 5.99. The maximum absolute atomic E-state index is 13.8. The van der Waals surface area contributed by atoms with Gasteiger partial charge in [0.1, 0.15) is 23.5 Å². The standard InChI is InChI=1S/C25H22Br2F2O4/c1-12(2)18-11-22(33-25-20(26)5-14(6-21(25)27)7-23(30)31)19(4-13(18)3)24(32)15-8-16(28)10-17(29)9-15/h4-6,8-12,24,32H,7H2,1-3H3,(H,30,31). The van der Waals surface area contributed by atoms with Gasteiger partial charge in [-0.1, -0.05) is 13.8 Å². The van der Waals surface area contributed by atoms with Crippen molar-refractivity contribution in [2.75, 3.05) is 0 Å². The fourth-order valence-electron chi connectivity index (χ4n) is 3.66. The average Bonchev–Trinajstić information content (AvgIpc) is 2.69. The molecule has 0 saturated carbocycles. The predicted molar refractivity (Wildman–Crippen MR) is 129 cm³/mol. The van der Waals surface area contributed by atoms with Crippen molar-refractivity contribution in [1.82, 2.24) is 0 Å². The Morgan fingerprint density at radius 3 is 2.06 bits per heavy atom. The number of hydrogen-bond acceptors (Lipinski definition) is 3. The molecule has 0 fully saturated rings. The lowest BCUT2D eigenvalue weighted by Gasteiger charge is -2.22. The molecule has 1 atom stereocenters. The van der Waals surface area contributed by atoms with Gasteiger partial charge in [0.05, 0.1) is 15.4 Å². The van der Waals surface area contributed by atoms with E-state index in [9.17, 15) is 18.7 Å². The molecule has 0 bridgehead atoms.